The largest absolute Gasteiger partial charge is 0.337 e. The molecule has 0 aromatic carbocycles. The molecule has 0 bridgehead atoms. The Morgan fingerprint density at radius 1 is 1.64 bits per heavy atom. The molecule has 3 nitrogen and oxygen atoms in total. The van der Waals surface area contributed by atoms with E-state index < -0.39 is 0 Å². The number of thioether (sulfide) groups is 1. The van der Waals surface area contributed by atoms with Gasteiger partial charge >= 0.3 is 0 Å². The molecule has 0 saturated carbocycles. The van der Waals surface area contributed by atoms with Crippen LogP contribution in [0.2, 0.25) is 0 Å². The van der Waals surface area contributed by atoms with E-state index in [4.69, 9.17) is 0 Å². The van der Waals surface area contributed by atoms with Crippen LogP contribution in [0.25, 0.3) is 0 Å². The zero-order chi connectivity index (χ0) is 10.4. The number of carbonyl (C=O) groups excluding carboxylic acids is 1. The number of hydrogen-bond donors (Lipinski definition) is 1. The average Bonchev–Trinajstić information content (AvgIpc) is 2.18. The van der Waals surface area contributed by atoms with Crippen molar-refractivity contribution in [2.24, 2.45) is 0 Å². The Morgan fingerprint density at radius 2 is 2.43 bits per heavy atom. The Morgan fingerprint density at radius 3 is 3.07 bits per heavy atom. The summed E-state index contributed by atoms with van der Waals surface area (Å²) in [5.74, 6) is 2.43. The Kier molecular flexibility index (Phi) is 5.33. The standard InChI is InChI=1S/C10H20N2OS/c1-3-4-11-7-10(13)12-5-6-14-8-9(12)2/h9,11H,3-8H2,1-2H3. The molecule has 0 aromatic heterocycles. The molecule has 0 radical (unpaired) electrons. The molecule has 1 N–H and O–H groups in total. The molecule has 1 saturated heterocycles. The minimum absolute atomic E-state index is 0.256. The monoisotopic (exact) mass is 216 g/mol. The van der Waals surface area contributed by atoms with E-state index in [-0.39, 0.29) is 5.91 Å². The van der Waals surface area contributed by atoms with E-state index in [9.17, 15) is 4.79 Å². The first-order valence-electron chi connectivity index (χ1n) is 5.33. The fraction of sp³-hybridized carbons (Fsp3) is 0.900. The SMILES string of the molecule is CCCNCC(=O)N1CCSCC1C. The summed E-state index contributed by atoms with van der Waals surface area (Å²) in [4.78, 5) is 13.7. The fourth-order valence-corrected chi connectivity index (χ4v) is 2.58. The Balaban J connectivity index is 2.27. The highest BCUT2D eigenvalue weighted by Gasteiger charge is 2.22. The topological polar surface area (TPSA) is 32.3 Å². The highest BCUT2D eigenvalue weighted by atomic mass is 32.2. The van der Waals surface area contributed by atoms with Crippen LogP contribution in [0.5, 0.6) is 0 Å². The van der Waals surface area contributed by atoms with Gasteiger partial charge < -0.3 is 10.2 Å². The third-order valence-electron chi connectivity index (χ3n) is 2.39. The van der Waals surface area contributed by atoms with Gasteiger partial charge in [-0.3, -0.25) is 4.79 Å². The van der Waals surface area contributed by atoms with Crippen molar-refractivity contribution >= 4 is 17.7 Å². The van der Waals surface area contributed by atoms with E-state index in [1.165, 1.54) is 0 Å². The van der Waals surface area contributed by atoms with Gasteiger partial charge in [-0.1, -0.05) is 6.92 Å². The normalized spacial score (nSPS) is 22.4. The lowest BCUT2D eigenvalue weighted by Gasteiger charge is -2.33. The van der Waals surface area contributed by atoms with Crippen LogP contribution < -0.4 is 5.32 Å². The average molecular weight is 216 g/mol. The number of nitrogens with one attached hydrogen (secondary N) is 1. The van der Waals surface area contributed by atoms with E-state index in [0.717, 1.165) is 31.0 Å². The maximum atomic E-state index is 11.7. The van der Waals surface area contributed by atoms with E-state index in [1.54, 1.807) is 0 Å². The Hall–Kier alpha value is -0.220. The first kappa shape index (κ1) is 11.9. The Bertz CT molecular complexity index is 187. The molecule has 14 heavy (non-hydrogen) atoms. The summed E-state index contributed by atoms with van der Waals surface area (Å²) in [6, 6.07) is 0.407. The van der Waals surface area contributed by atoms with Crippen molar-refractivity contribution in [1.29, 1.82) is 0 Å². The second-order valence-corrected chi connectivity index (χ2v) is 4.84. The van der Waals surface area contributed by atoms with Crippen LogP contribution in [0.15, 0.2) is 0 Å². The zero-order valence-corrected chi connectivity index (χ0v) is 9.90. The first-order chi connectivity index (χ1) is 6.75. The second-order valence-electron chi connectivity index (χ2n) is 3.69. The van der Waals surface area contributed by atoms with Crippen molar-refractivity contribution in [1.82, 2.24) is 10.2 Å². The summed E-state index contributed by atoms with van der Waals surface area (Å²) in [5, 5.41) is 3.15. The summed E-state index contributed by atoms with van der Waals surface area (Å²) in [6.45, 7) is 6.59. The molecule has 1 amide bonds. The van der Waals surface area contributed by atoms with Crippen LogP contribution in [0.1, 0.15) is 20.3 Å². The van der Waals surface area contributed by atoms with E-state index in [1.807, 2.05) is 16.7 Å². The maximum absolute atomic E-state index is 11.7. The fourth-order valence-electron chi connectivity index (χ4n) is 1.57. The molecule has 4 heteroatoms. The van der Waals surface area contributed by atoms with Gasteiger partial charge in [0.15, 0.2) is 0 Å². The van der Waals surface area contributed by atoms with Gasteiger partial charge in [-0.2, -0.15) is 11.8 Å². The van der Waals surface area contributed by atoms with Gasteiger partial charge in [0.2, 0.25) is 5.91 Å². The molecule has 0 aliphatic carbocycles. The summed E-state index contributed by atoms with van der Waals surface area (Å²) in [7, 11) is 0. The second kappa shape index (κ2) is 6.30. The predicted octanol–water partition coefficient (Wildman–Crippen LogP) is 0.950. The minimum atomic E-state index is 0.256. The quantitative estimate of drug-likeness (QED) is 0.710. The Labute approximate surface area is 90.6 Å². The van der Waals surface area contributed by atoms with Crippen molar-refractivity contribution < 1.29 is 4.79 Å². The molecular weight excluding hydrogens is 196 g/mol. The number of amides is 1. The van der Waals surface area contributed by atoms with Gasteiger partial charge in [-0.15, -0.1) is 0 Å². The maximum Gasteiger partial charge on any atom is 0.236 e. The van der Waals surface area contributed by atoms with E-state index >= 15 is 0 Å². The third-order valence-corrected chi connectivity index (χ3v) is 3.58. The molecule has 1 fully saturated rings. The number of rotatable bonds is 4. The van der Waals surface area contributed by atoms with Crippen LogP contribution >= 0.6 is 11.8 Å². The van der Waals surface area contributed by atoms with E-state index in [0.29, 0.717) is 12.6 Å². The van der Waals surface area contributed by atoms with Crippen LogP contribution in [0.4, 0.5) is 0 Å². The number of hydrogen-bond acceptors (Lipinski definition) is 3. The zero-order valence-electron chi connectivity index (χ0n) is 9.08. The number of nitrogens with zero attached hydrogens (tertiary/aromatic N) is 1. The highest BCUT2D eigenvalue weighted by Crippen LogP contribution is 2.15. The van der Waals surface area contributed by atoms with Gasteiger partial charge in [-0.05, 0) is 19.9 Å². The molecule has 1 aliphatic heterocycles. The lowest BCUT2D eigenvalue weighted by molar-refractivity contribution is -0.131. The van der Waals surface area contributed by atoms with Crippen molar-refractivity contribution in [3.05, 3.63) is 0 Å². The lowest BCUT2D eigenvalue weighted by Crippen LogP contribution is -2.47. The first-order valence-corrected chi connectivity index (χ1v) is 6.49. The van der Waals surface area contributed by atoms with Crippen LogP contribution in [0.3, 0.4) is 0 Å². The molecule has 1 atom stereocenters. The van der Waals surface area contributed by atoms with Gasteiger partial charge in [0.1, 0.15) is 0 Å². The van der Waals surface area contributed by atoms with Crippen LogP contribution in [-0.2, 0) is 4.79 Å². The molecule has 1 aliphatic rings. The van der Waals surface area contributed by atoms with Gasteiger partial charge in [-0.25, -0.2) is 0 Å². The van der Waals surface area contributed by atoms with Crippen molar-refractivity contribution in [2.45, 2.75) is 26.3 Å². The highest BCUT2D eigenvalue weighted by molar-refractivity contribution is 7.99. The van der Waals surface area contributed by atoms with Gasteiger partial charge in [0, 0.05) is 24.1 Å². The van der Waals surface area contributed by atoms with Crippen molar-refractivity contribution in [2.75, 3.05) is 31.1 Å². The molecule has 1 heterocycles. The molecule has 1 unspecified atom stereocenters. The van der Waals surface area contributed by atoms with Crippen molar-refractivity contribution in [3.63, 3.8) is 0 Å². The van der Waals surface area contributed by atoms with Gasteiger partial charge in [0.05, 0.1) is 6.54 Å². The van der Waals surface area contributed by atoms with Crippen molar-refractivity contribution in [3.8, 4) is 0 Å². The lowest BCUT2D eigenvalue weighted by atomic mass is 10.3. The third kappa shape index (κ3) is 3.50. The molecule has 82 valence electrons. The van der Waals surface area contributed by atoms with Gasteiger partial charge in [0.25, 0.3) is 0 Å². The predicted molar refractivity (Wildman–Crippen MR) is 61.7 cm³/mol. The summed E-state index contributed by atoms with van der Waals surface area (Å²) >= 11 is 1.94. The molecule has 0 spiro atoms. The number of carbonyl (C=O) groups is 1. The summed E-state index contributed by atoms with van der Waals surface area (Å²) < 4.78 is 0. The van der Waals surface area contributed by atoms with Crippen LogP contribution in [0, 0.1) is 0 Å². The molecular formula is C10H20N2OS. The molecule has 0 aromatic rings. The molecule has 1 rings (SSSR count). The smallest absolute Gasteiger partial charge is 0.236 e. The van der Waals surface area contributed by atoms with Crippen LogP contribution in [-0.4, -0.2) is 48.0 Å². The minimum Gasteiger partial charge on any atom is -0.337 e. The summed E-state index contributed by atoms with van der Waals surface area (Å²) in [5.41, 5.74) is 0. The summed E-state index contributed by atoms with van der Waals surface area (Å²) in [6.07, 6.45) is 1.08. The van der Waals surface area contributed by atoms with E-state index in [2.05, 4.69) is 19.2 Å².